The molecule has 0 aromatic carbocycles. The van der Waals surface area contributed by atoms with E-state index in [1.807, 2.05) is 23.9 Å². The molecule has 0 saturated carbocycles. The molecule has 7 nitrogen and oxygen atoms in total. The maximum Gasteiger partial charge on any atom is 0.389 e. The Morgan fingerprint density at radius 2 is 2.00 bits per heavy atom. The van der Waals surface area contributed by atoms with Crippen molar-refractivity contribution < 1.29 is 18.0 Å². The lowest BCUT2D eigenvalue weighted by Crippen LogP contribution is -2.38. The molecule has 3 heterocycles. The zero-order valence-electron chi connectivity index (χ0n) is 14.5. The highest BCUT2D eigenvalue weighted by atomic mass is 19.4. The number of carbonyl (C=O) groups is 1. The second-order valence-corrected chi connectivity index (χ2v) is 6.51. The van der Waals surface area contributed by atoms with Crippen LogP contribution in [0.4, 0.5) is 13.2 Å². The van der Waals surface area contributed by atoms with Gasteiger partial charge in [0.15, 0.2) is 5.82 Å². The summed E-state index contributed by atoms with van der Waals surface area (Å²) in [6.07, 6.45) is -0.950. The van der Waals surface area contributed by atoms with Gasteiger partial charge in [0.25, 0.3) is 0 Å². The average Bonchev–Trinajstić information content (AvgIpc) is 3.23. The maximum absolute atomic E-state index is 12.3. The third kappa shape index (κ3) is 4.41. The Labute approximate surface area is 148 Å². The van der Waals surface area contributed by atoms with Crippen molar-refractivity contribution in [1.82, 2.24) is 29.4 Å². The molecule has 0 radical (unpaired) electrons. The van der Waals surface area contributed by atoms with Crippen molar-refractivity contribution in [1.29, 1.82) is 0 Å². The van der Waals surface area contributed by atoms with Gasteiger partial charge in [0.1, 0.15) is 12.4 Å². The minimum atomic E-state index is -4.29. The number of carbonyl (C=O) groups excluding carboxylic acids is 1. The SMILES string of the molecule is Cn1c(Cn2cccn2)nnc1C1CCN(C(=O)CCC(F)(F)F)CC1. The first-order valence-corrected chi connectivity index (χ1v) is 8.53. The fourth-order valence-electron chi connectivity index (χ4n) is 3.20. The largest absolute Gasteiger partial charge is 0.389 e. The highest BCUT2D eigenvalue weighted by Gasteiger charge is 2.31. The molecule has 0 bridgehead atoms. The van der Waals surface area contributed by atoms with Gasteiger partial charge in [0.2, 0.25) is 5.91 Å². The predicted octanol–water partition coefficient (Wildman–Crippen LogP) is 2.11. The summed E-state index contributed by atoms with van der Waals surface area (Å²) in [5.41, 5.74) is 0. The number of alkyl halides is 3. The molecule has 0 unspecified atom stereocenters. The van der Waals surface area contributed by atoms with E-state index in [2.05, 4.69) is 15.3 Å². The summed E-state index contributed by atoms with van der Waals surface area (Å²) in [6.45, 7) is 1.41. The monoisotopic (exact) mass is 370 g/mol. The van der Waals surface area contributed by atoms with Gasteiger partial charge in [-0.2, -0.15) is 18.3 Å². The zero-order valence-corrected chi connectivity index (χ0v) is 14.5. The van der Waals surface area contributed by atoms with Crippen LogP contribution in [0.3, 0.4) is 0 Å². The van der Waals surface area contributed by atoms with Crippen LogP contribution >= 0.6 is 0 Å². The molecular weight excluding hydrogens is 349 g/mol. The summed E-state index contributed by atoms with van der Waals surface area (Å²) in [7, 11) is 1.90. The smallest absolute Gasteiger partial charge is 0.343 e. The minimum absolute atomic E-state index is 0.144. The molecule has 1 aliphatic heterocycles. The Hall–Kier alpha value is -2.39. The van der Waals surface area contributed by atoms with E-state index in [0.717, 1.165) is 11.6 Å². The summed E-state index contributed by atoms with van der Waals surface area (Å²) in [4.78, 5) is 13.4. The second-order valence-electron chi connectivity index (χ2n) is 6.51. The second kappa shape index (κ2) is 7.46. The van der Waals surface area contributed by atoms with E-state index < -0.39 is 24.9 Å². The van der Waals surface area contributed by atoms with Crippen molar-refractivity contribution in [3.63, 3.8) is 0 Å². The van der Waals surface area contributed by atoms with Crippen molar-refractivity contribution >= 4 is 5.91 Å². The molecule has 10 heteroatoms. The Morgan fingerprint density at radius 3 is 2.62 bits per heavy atom. The molecule has 2 aromatic heterocycles. The number of halogens is 3. The number of amides is 1. The van der Waals surface area contributed by atoms with Gasteiger partial charge in [-0.05, 0) is 18.9 Å². The van der Waals surface area contributed by atoms with Gasteiger partial charge in [0.05, 0.1) is 6.42 Å². The van der Waals surface area contributed by atoms with E-state index in [1.54, 1.807) is 10.9 Å². The van der Waals surface area contributed by atoms with Gasteiger partial charge in [-0.25, -0.2) is 0 Å². The van der Waals surface area contributed by atoms with Gasteiger partial charge in [-0.3, -0.25) is 9.48 Å². The standard InChI is InChI=1S/C16H21F3N6O/c1-23-13(11-25-8-2-7-20-25)21-22-15(23)12-4-9-24(10-5-12)14(26)3-6-16(17,18)19/h2,7-8,12H,3-6,9-11H2,1H3. The van der Waals surface area contributed by atoms with Crippen LogP contribution in [-0.2, 0) is 18.4 Å². The van der Waals surface area contributed by atoms with E-state index in [4.69, 9.17) is 0 Å². The highest BCUT2D eigenvalue weighted by Crippen LogP contribution is 2.28. The molecule has 1 amide bonds. The first-order valence-electron chi connectivity index (χ1n) is 8.53. The van der Waals surface area contributed by atoms with Crippen molar-refractivity contribution in [2.24, 2.45) is 7.05 Å². The third-order valence-electron chi connectivity index (χ3n) is 4.70. The number of hydrogen-bond acceptors (Lipinski definition) is 4. The maximum atomic E-state index is 12.3. The molecule has 1 saturated heterocycles. The Kier molecular flexibility index (Phi) is 5.28. The van der Waals surface area contributed by atoms with Crippen LogP contribution in [0.15, 0.2) is 18.5 Å². The van der Waals surface area contributed by atoms with Crippen LogP contribution < -0.4 is 0 Å². The number of aromatic nitrogens is 5. The summed E-state index contributed by atoms with van der Waals surface area (Å²) in [5, 5.41) is 12.7. The zero-order chi connectivity index (χ0) is 18.7. The third-order valence-corrected chi connectivity index (χ3v) is 4.70. The number of nitrogens with zero attached hydrogens (tertiary/aromatic N) is 6. The van der Waals surface area contributed by atoms with E-state index in [1.165, 1.54) is 4.90 Å². The van der Waals surface area contributed by atoms with Crippen LogP contribution in [0.5, 0.6) is 0 Å². The summed E-state index contributed by atoms with van der Waals surface area (Å²) >= 11 is 0. The van der Waals surface area contributed by atoms with Gasteiger partial charge in [-0.1, -0.05) is 0 Å². The van der Waals surface area contributed by atoms with Crippen LogP contribution in [0.1, 0.15) is 43.3 Å². The summed E-state index contributed by atoms with van der Waals surface area (Å²) < 4.78 is 40.5. The lowest BCUT2D eigenvalue weighted by Gasteiger charge is -2.31. The van der Waals surface area contributed by atoms with Crippen LogP contribution in [0, 0.1) is 0 Å². The number of likely N-dealkylation sites (tertiary alicyclic amines) is 1. The van der Waals surface area contributed by atoms with E-state index >= 15 is 0 Å². The van der Waals surface area contributed by atoms with Gasteiger partial charge in [0, 0.05) is 44.9 Å². The molecular formula is C16H21F3N6O. The first-order chi connectivity index (χ1) is 12.3. The van der Waals surface area contributed by atoms with Crippen molar-refractivity contribution in [2.45, 2.75) is 44.3 Å². The molecule has 1 aliphatic rings. The number of rotatable bonds is 5. The minimum Gasteiger partial charge on any atom is -0.343 e. The lowest BCUT2D eigenvalue weighted by molar-refractivity contribution is -0.149. The Bertz CT molecular complexity index is 732. The molecule has 2 aromatic rings. The summed E-state index contributed by atoms with van der Waals surface area (Å²) in [5.74, 6) is 1.34. The van der Waals surface area contributed by atoms with Crippen LogP contribution in [0.2, 0.25) is 0 Å². The molecule has 0 aliphatic carbocycles. The van der Waals surface area contributed by atoms with E-state index in [9.17, 15) is 18.0 Å². The number of hydrogen-bond donors (Lipinski definition) is 0. The molecule has 0 spiro atoms. The van der Waals surface area contributed by atoms with Crippen LogP contribution in [0.25, 0.3) is 0 Å². The van der Waals surface area contributed by atoms with Crippen molar-refractivity contribution in [3.8, 4) is 0 Å². The molecule has 0 N–H and O–H groups in total. The van der Waals surface area contributed by atoms with Crippen molar-refractivity contribution in [2.75, 3.05) is 13.1 Å². The topological polar surface area (TPSA) is 68.8 Å². The quantitative estimate of drug-likeness (QED) is 0.808. The van der Waals surface area contributed by atoms with Gasteiger partial charge < -0.3 is 9.47 Å². The van der Waals surface area contributed by atoms with Gasteiger partial charge >= 0.3 is 6.18 Å². The normalized spacial score (nSPS) is 16.2. The van der Waals surface area contributed by atoms with Crippen molar-refractivity contribution in [3.05, 3.63) is 30.1 Å². The fourth-order valence-corrected chi connectivity index (χ4v) is 3.20. The molecule has 26 heavy (non-hydrogen) atoms. The molecule has 142 valence electrons. The predicted molar refractivity (Wildman–Crippen MR) is 86.2 cm³/mol. The Morgan fingerprint density at radius 1 is 1.27 bits per heavy atom. The average molecular weight is 370 g/mol. The van der Waals surface area contributed by atoms with E-state index in [-0.39, 0.29) is 5.92 Å². The molecule has 0 atom stereocenters. The highest BCUT2D eigenvalue weighted by molar-refractivity contribution is 5.76. The molecule has 1 fully saturated rings. The van der Waals surface area contributed by atoms with Crippen LogP contribution in [-0.4, -0.2) is 54.6 Å². The summed E-state index contributed by atoms with van der Waals surface area (Å²) in [6, 6.07) is 1.84. The van der Waals surface area contributed by atoms with Gasteiger partial charge in [-0.15, -0.1) is 10.2 Å². The Balaban J connectivity index is 1.55. The lowest BCUT2D eigenvalue weighted by atomic mass is 9.95. The van der Waals surface area contributed by atoms with E-state index in [0.29, 0.717) is 32.5 Å². The fraction of sp³-hybridized carbons (Fsp3) is 0.625. The molecule has 3 rings (SSSR count). The first kappa shape index (κ1) is 18.4. The number of piperidine rings is 1.